The molecule has 2 aliphatic heterocycles. The number of anilines is 1. The van der Waals surface area contributed by atoms with Crippen LogP contribution in [0.25, 0.3) is 0 Å². The van der Waals surface area contributed by atoms with Gasteiger partial charge in [-0.15, -0.1) is 0 Å². The molecule has 2 aromatic carbocycles. The lowest BCUT2D eigenvalue weighted by Gasteiger charge is -2.29. The van der Waals surface area contributed by atoms with Gasteiger partial charge in [-0.1, -0.05) is 24.3 Å². The largest absolute Gasteiger partial charge is 0.748 e. The number of benzene rings is 2. The minimum atomic E-state index is -4.59. The summed E-state index contributed by atoms with van der Waals surface area (Å²) < 4.78 is 108. The molecule has 2 N–H and O–H groups in total. The van der Waals surface area contributed by atoms with Gasteiger partial charge in [0.1, 0.15) is 12.3 Å². The first-order chi connectivity index (χ1) is 21.3. The summed E-state index contributed by atoms with van der Waals surface area (Å²) in [6, 6.07) is 12.2. The maximum atomic E-state index is 12.3. The van der Waals surface area contributed by atoms with Crippen LogP contribution in [0.5, 0.6) is 5.75 Å². The van der Waals surface area contributed by atoms with Crippen LogP contribution >= 0.6 is 0 Å². The topological polar surface area (TPSA) is 198 Å². The van der Waals surface area contributed by atoms with Crippen molar-refractivity contribution in [2.45, 2.75) is 44.4 Å². The number of para-hydroxylation sites is 1. The lowest BCUT2D eigenvalue weighted by molar-refractivity contribution is -0.437. The second-order valence-corrected chi connectivity index (χ2v) is 16.5. The van der Waals surface area contributed by atoms with Gasteiger partial charge in [-0.2, -0.15) is 21.4 Å². The molecule has 0 radical (unpaired) electrons. The molecule has 1 unspecified atom stereocenters. The Hall–Kier alpha value is -3.41. The summed E-state index contributed by atoms with van der Waals surface area (Å²) in [5.74, 6) is -1.73. The lowest BCUT2D eigenvalue weighted by Crippen LogP contribution is -2.35. The average molecular weight is 697 g/mol. The summed E-state index contributed by atoms with van der Waals surface area (Å²) >= 11 is 0. The van der Waals surface area contributed by atoms with Gasteiger partial charge in [0, 0.05) is 47.8 Å². The molecule has 2 aliphatic rings. The van der Waals surface area contributed by atoms with Crippen LogP contribution in [0, 0.1) is 0 Å². The van der Waals surface area contributed by atoms with E-state index in [1.54, 1.807) is 36.1 Å². The van der Waals surface area contributed by atoms with E-state index in [4.69, 9.17) is 4.74 Å². The fourth-order valence-corrected chi connectivity index (χ4v) is 8.34. The van der Waals surface area contributed by atoms with Crippen molar-refractivity contribution in [2.24, 2.45) is 0 Å². The molecule has 250 valence electrons. The van der Waals surface area contributed by atoms with Crippen molar-refractivity contribution >= 4 is 53.9 Å². The highest BCUT2D eigenvalue weighted by Gasteiger charge is 2.47. The van der Waals surface area contributed by atoms with Crippen molar-refractivity contribution in [3.05, 3.63) is 77.5 Å². The molecular weight excluding hydrogens is 661 g/mol. The second kappa shape index (κ2) is 13.0. The van der Waals surface area contributed by atoms with Gasteiger partial charge in [0.15, 0.2) is 5.71 Å². The number of ether oxygens (including phenoxy) is 1. The molecule has 2 heterocycles. The zero-order valence-corrected chi connectivity index (χ0v) is 27.9. The Balaban J connectivity index is 1.85. The molecule has 0 amide bonds. The first kappa shape index (κ1) is 35.4. The predicted octanol–water partition coefficient (Wildman–Crippen LogP) is 2.92. The SMILES string of the molecule is CC1(C)C(/C=C/C=C2/N(CCCS(=O)(=O)[O-])c3ccc(OC=O)cc3C2(C)CS(=O)(=O)O)=[N+](CCCS(=O)(=O)O)c2ccccc21. The van der Waals surface area contributed by atoms with Gasteiger partial charge in [-0.25, -0.2) is 8.42 Å². The summed E-state index contributed by atoms with van der Waals surface area (Å²) in [6.45, 7) is 6.08. The molecule has 2 aromatic rings. The van der Waals surface area contributed by atoms with Crippen LogP contribution in [0.1, 0.15) is 44.7 Å². The normalized spacial score (nSPS) is 20.4. The van der Waals surface area contributed by atoms with E-state index in [1.165, 1.54) is 12.1 Å². The smallest absolute Gasteiger partial charge is 0.298 e. The number of hydrogen-bond donors (Lipinski definition) is 2. The van der Waals surface area contributed by atoms with Gasteiger partial charge >= 0.3 is 0 Å². The van der Waals surface area contributed by atoms with E-state index in [2.05, 4.69) is 0 Å². The predicted molar refractivity (Wildman–Crippen MR) is 171 cm³/mol. The Bertz CT molecular complexity index is 1950. The van der Waals surface area contributed by atoms with Crippen LogP contribution in [0.15, 0.2) is 66.4 Å². The van der Waals surface area contributed by atoms with E-state index in [1.807, 2.05) is 42.7 Å². The number of nitrogens with zero attached hydrogens (tertiary/aromatic N) is 2. The van der Waals surface area contributed by atoms with Gasteiger partial charge in [-0.05, 0) is 57.0 Å². The van der Waals surface area contributed by atoms with Gasteiger partial charge in [0.05, 0.1) is 32.5 Å². The van der Waals surface area contributed by atoms with E-state index in [0.717, 1.165) is 17.0 Å². The molecule has 16 heteroatoms. The molecule has 0 aliphatic carbocycles. The highest BCUT2D eigenvalue weighted by molar-refractivity contribution is 7.86. The maximum absolute atomic E-state index is 12.3. The third kappa shape index (κ3) is 7.93. The number of carbonyl (C=O) groups is 1. The summed E-state index contributed by atoms with van der Waals surface area (Å²) in [7, 11) is -13.3. The standard InChI is InChI=1S/C30H36N2O11S3/c1-29(2)23-9-4-5-10-25(23)31(15-7-17-44(34,35)36)27(29)11-6-12-28-30(3,20-46(40,41)42)24-19-22(43-21-33)13-14-26(24)32(28)16-8-18-45(37,38)39/h4-6,9-14,19,21H,7-8,15-18,20H2,1-3H3,(H2-,34,35,36,37,38,39,40,41,42). The van der Waals surface area contributed by atoms with Crippen LogP contribution in [-0.4, -0.2) is 86.0 Å². The average Bonchev–Trinajstić information content (AvgIpc) is 3.26. The molecular formula is C30H36N2O11S3. The quantitative estimate of drug-likeness (QED) is 0.167. The molecule has 0 fully saturated rings. The maximum Gasteiger partial charge on any atom is 0.298 e. The summed E-state index contributed by atoms with van der Waals surface area (Å²) in [6.07, 6.45) is 5.19. The molecule has 46 heavy (non-hydrogen) atoms. The Morgan fingerprint density at radius 3 is 2.26 bits per heavy atom. The Kier molecular flexibility index (Phi) is 10.0. The fourth-order valence-electron chi connectivity index (χ4n) is 6.34. The molecule has 4 rings (SSSR count). The number of hydrogen-bond acceptors (Lipinski definition) is 10. The molecule has 0 saturated heterocycles. The molecule has 0 saturated carbocycles. The van der Waals surface area contributed by atoms with Crippen LogP contribution in [-0.2, 0) is 46.0 Å². The zero-order valence-electron chi connectivity index (χ0n) is 25.5. The fraction of sp³-hybridized carbons (Fsp3) is 0.400. The van der Waals surface area contributed by atoms with Crippen molar-refractivity contribution in [1.82, 2.24) is 0 Å². The lowest BCUT2D eigenvalue weighted by atomic mass is 9.81. The van der Waals surface area contributed by atoms with Gasteiger partial charge in [0.25, 0.3) is 26.7 Å². The number of fused-ring (bicyclic) bond motifs is 2. The number of carbonyl (C=O) groups excluding carboxylic acids is 1. The number of allylic oxidation sites excluding steroid dienone is 4. The van der Waals surface area contributed by atoms with Crippen LogP contribution < -0.4 is 9.64 Å². The first-order valence-electron chi connectivity index (χ1n) is 14.3. The third-order valence-electron chi connectivity index (χ3n) is 8.23. The Morgan fingerprint density at radius 1 is 0.935 bits per heavy atom. The van der Waals surface area contributed by atoms with Crippen molar-refractivity contribution in [3.63, 3.8) is 0 Å². The first-order valence-corrected chi connectivity index (χ1v) is 19.1. The highest BCUT2D eigenvalue weighted by Crippen LogP contribution is 2.50. The molecule has 0 spiro atoms. The van der Waals surface area contributed by atoms with E-state index in [9.17, 15) is 43.7 Å². The minimum absolute atomic E-state index is 0.0123. The summed E-state index contributed by atoms with van der Waals surface area (Å²) in [4.78, 5) is 12.7. The van der Waals surface area contributed by atoms with Crippen LogP contribution in [0.4, 0.5) is 11.4 Å². The second-order valence-electron chi connectivity index (χ2n) is 11.9. The molecule has 13 nitrogen and oxygen atoms in total. The third-order valence-corrected chi connectivity index (χ3v) is 10.8. The van der Waals surface area contributed by atoms with Crippen molar-refractivity contribution in [3.8, 4) is 5.75 Å². The summed E-state index contributed by atoms with van der Waals surface area (Å²) in [5, 5.41) is 0. The van der Waals surface area contributed by atoms with Crippen LogP contribution in [0.2, 0.25) is 0 Å². The van der Waals surface area contributed by atoms with E-state index in [-0.39, 0.29) is 38.2 Å². The van der Waals surface area contributed by atoms with Crippen molar-refractivity contribution in [2.75, 3.05) is 35.2 Å². The van der Waals surface area contributed by atoms with Gasteiger partial charge in [0.2, 0.25) is 5.69 Å². The van der Waals surface area contributed by atoms with E-state index in [0.29, 0.717) is 16.9 Å². The highest BCUT2D eigenvalue weighted by atomic mass is 32.2. The Labute approximate surface area is 269 Å². The summed E-state index contributed by atoms with van der Waals surface area (Å²) in [5.41, 5.74) is 1.93. The number of rotatable bonds is 14. The van der Waals surface area contributed by atoms with Crippen LogP contribution in [0.3, 0.4) is 0 Å². The minimum Gasteiger partial charge on any atom is -0.748 e. The monoisotopic (exact) mass is 696 g/mol. The van der Waals surface area contributed by atoms with E-state index >= 15 is 0 Å². The molecule has 0 aromatic heterocycles. The van der Waals surface area contributed by atoms with E-state index < -0.39 is 58.4 Å². The molecule has 1 atom stereocenters. The Morgan fingerprint density at radius 2 is 1.63 bits per heavy atom. The molecule has 0 bridgehead atoms. The van der Waals surface area contributed by atoms with Gasteiger partial charge in [-0.3, -0.25) is 13.9 Å². The van der Waals surface area contributed by atoms with Gasteiger partial charge < -0.3 is 14.2 Å². The van der Waals surface area contributed by atoms with Crippen molar-refractivity contribution < 1.29 is 53.0 Å². The zero-order chi connectivity index (χ0) is 34.1. The van der Waals surface area contributed by atoms with Crippen molar-refractivity contribution in [1.29, 1.82) is 0 Å².